The van der Waals surface area contributed by atoms with Gasteiger partial charge in [-0.05, 0) is 80.8 Å². The summed E-state index contributed by atoms with van der Waals surface area (Å²) in [5, 5.41) is 50.8. The Morgan fingerprint density at radius 1 is 1.00 bits per heavy atom. The number of aliphatic hydroxyl groups excluding tert-OH is 2. The number of hydrogen-bond acceptors (Lipinski definition) is 16. The van der Waals surface area contributed by atoms with Gasteiger partial charge in [0.15, 0.2) is 18.7 Å². The van der Waals surface area contributed by atoms with E-state index in [1.54, 1.807) is 48.5 Å². The number of nitrogens with zero attached hydrogens (tertiary/aromatic N) is 2. The fraction of sp³-hybridized carbons (Fsp3) is 0.900. The van der Waals surface area contributed by atoms with Crippen LogP contribution in [0.5, 0.6) is 0 Å². The Morgan fingerprint density at radius 3 is 2.16 bits per heavy atom. The molecular weight excluding hydrogens is 732 g/mol. The van der Waals surface area contributed by atoms with Crippen molar-refractivity contribution in [2.75, 3.05) is 21.2 Å². The summed E-state index contributed by atoms with van der Waals surface area (Å²) < 4.78 is 43.3. The molecule has 56 heavy (non-hydrogen) atoms. The lowest BCUT2D eigenvalue weighted by atomic mass is 9.72. The molecule has 3 aliphatic rings. The third kappa shape index (κ3) is 10.5. The highest BCUT2D eigenvalue weighted by molar-refractivity contribution is 5.81. The highest BCUT2D eigenvalue weighted by atomic mass is 16.7. The molecule has 3 aliphatic heterocycles. The van der Waals surface area contributed by atoms with Crippen LogP contribution in [0.15, 0.2) is 17.8 Å². The third-order valence-electron chi connectivity index (χ3n) is 12.5. The van der Waals surface area contributed by atoms with E-state index in [0.717, 1.165) is 6.08 Å². The van der Waals surface area contributed by atoms with E-state index in [0.29, 0.717) is 6.42 Å². The molecule has 0 bridgehead atoms. The topological polar surface area (TPSA) is 212 Å². The second-order valence-electron chi connectivity index (χ2n) is 17.4. The van der Waals surface area contributed by atoms with Crippen LogP contribution in [0.4, 0.5) is 0 Å². The van der Waals surface area contributed by atoms with Gasteiger partial charge in [-0.1, -0.05) is 39.5 Å². The van der Waals surface area contributed by atoms with Gasteiger partial charge in [0.2, 0.25) is 0 Å². The van der Waals surface area contributed by atoms with Gasteiger partial charge in [-0.25, -0.2) is 4.79 Å². The maximum atomic E-state index is 14.3. The first kappa shape index (κ1) is 48.3. The number of ether oxygens (including phenoxy) is 7. The number of nitroso groups, excluding NO2 is 1. The van der Waals surface area contributed by atoms with E-state index in [-0.39, 0.29) is 31.4 Å². The van der Waals surface area contributed by atoms with Gasteiger partial charge in [-0.3, -0.25) is 4.79 Å². The van der Waals surface area contributed by atoms with E-state index in [1.165, 1.54) is 21.0 Å². The largest absolute Gasteiger partial charge is 0.459 e. The number of likely N-dealkylation sites (N-methyl/N-ethyl adjacent to an activating group) is 1. The SMILES string of the molecule is C=CC(=O)O[C@H]1[C@H](C)O[C@@H](O[C@H]2[C@H](C)[C@@H](O[C@@H]3O[C@H](C)C[C@H](N(C)C)[C@H]3O)[C@](C)(O)C[C@@H](C)C(N=O)[C@H](C)[C@@H](O)[C@](C)(O)[C@@H](CC)OC(=O)[C@@H]2C)C[C@@]1(C)OC. The summed E-state index contributed by atoms with van der Waals surface area (Å²) in [6.07, 6.45) is -8.83. The molecule has 0 aromatic heterocycles. The predicted molar refractivity (Wildman–Crippen MR) is 205 cm³/mol. The van der Waals surface area contributed by atoms with Gasteiger partial charge < -0.3 is 58.5 Å². The van der Waals surface area contributed by atoms with Gasteiger partial charge >= 0.3 is 11.9 Å². The Hall–Kier alpha value is -2.12. The van der Waals surface area contributed by atoms with Crippen LogP contribution in [0.1, 0.15) is 94.9 Å². The van der Waals surface area contributed by atoms with Crippen molar-refractivity contribution in [2.45, 2.75) is 185 Å². The summed E-state index contributed by atoms with van der Waals surface area (Å²) >= 11 is 0. The first-order chi connectivity index (χ1) is 25.9. The van der Waals surface area contributed by atoms with Crippen LogP contribution in [0.3, 0.4) is 0 Å². The minimum absolute atomic E-state index is 0.0441. The molecule has 3 fully saturated rings. The lowest BCUT2D eigenvalue weighted by molar-refractivity contribution is -0.318. The van der Waals surface area contributed by atoms with Crippen molar-refractivity contribution in [3.63, 3.8) is 0 Å². The average molecular weight is 803 g/mol. The van der Waals surface area contributed by atoms with Gasteiger partial charge in [0, 0.05) is 37.5 Å². The fourth-order valence-electron chi connectivity index (χ4n) is 9.17. The lowest BCUT2D eigenvalue weighted by Crippen LogP contribution is -2.61. The molecule has 0 spiro atoms. The van der Waals surface area contributed by atoms with Crippen molar-refractivity contribution in [3.8, 4) is 0 Å². The minimum Gasteiger partial charge on any atom is -0.459 e. The number of aliphatic hydroxyl groups is 4. The number of cyclic esters (lactones) is 1. The number of carbonyl (C=O) groups excluding carboxylic acids is 2. The zero-order chi connectivity index (χ0) is 42.7. The monoisotopic (exact) mass is 802 g/mol. The third-order valence-corrected chi connectivity index (χ3v) is 12.5. The zero-order valence-electron chi connectivity index (χ0n) is 35.6. The molecule has 3 rings (SSSR count). The predicted octanol–water partition coefficient (Wildman–Crippen LogP) is 3.09. The van der Waals surface area contributed by atoms with Crippen LogP contribution in [-0.4, -0.2) is 149 Å². The molecule has 0 radical (unpaired) electrons. The number of hydrogen-bond donors (Lipinski definition) is 4. The highest BCUT2D eigenvalue weighted by Crippen LogP contribution is 2.42. The van der Waals surface area contributed by atoms with E-state index in [2.05, 4.69) is 11.8 Å². The normalized spacial score (nSPS) is 47.4. The number of methoxy groups -OCH3 is 1. The van der Waals surface area contributed by atoms with Crippen molar-refractivity contribution in [1.82, 2.24) is 4.90 Å². The van der Waals surface area contributed by atoms with Crippen LogP contribution < -0.4 is 0 Å². The summed E-state index contributed by atoms with van der Waals surface area (Å²) in [6, 6.07) is -1.44. The van der Waals surface area contributed by atoms with Gasteiger partial charge in [0.05, 0.1) is 48.1 Å². The maximum Gasteiger partial charge on any atom is 0.330 e. The molecule has 16 nitrogen and oxygen atoms in total. The van der Waals surface area contributed by atoms with E-state index in [1.807, 2.05) is 25.9 Å². The Kier molecular flexibility index (Phi) is 16.6. The smallest absolute Gasteiger partial charge is 0.330 e. The lowest BCUT2D eigenvalue weighted by Gasteiger charge is -2.49. The molecule has 0 amide bonds. The Balaban J connectivity index is 2.21. The average Bonchev–Trinajstić information content (AvgIpc) is 3.12. The maximum absolute atomic E-state index is 14.3. The number of carbonyl (C=O) groups is 2. The summed E-state index contributed by atoms with van der Waals surface area (Å²) in [6.45, 7) is 20.0. The summed E-state index contributed by atoms with van der Waals surface area (Å²) in [4.78, 5) is 40.9. The Morgan fingerprint density at radius 2 is 1.62 bits per heavy atom. The van der Waals surface area contributed by atoms with Gasteiger partial charge in [0.1, 0.15) is 23.4 Å². The quantitative estimate of drug-likeness (QED) is 0.142. The highest BCUT2D eigenvalue weighted by Gasteiger charge is 2.54. The van der Waals surface area contributed by atoms with Crippen molar-refractivity contribution in [1.29, 1.82) is 0 Å². The second kappa shape index (κ2) is 19.3. The molecule has 19 atom stereocenters. The van der Waals surface area contributed by atoms with Crippen LogP contribution in [0, 0.1) is 28.6 Å². The van der Waals surface area contributed by atoms with Crippen LogP contribution in [-0.2, 0) is 42.7 Å². The van der Waals surface area contributed by atoms with E-state index < -0.39 is 114 Å². The molecule has 3 heterocycles. The number of esters is 2. The van der Waals surface area contributed by atoms with Gasteiger partial charge in [0.25, 0.3) is 0 Å². The van der Waals surface area contributed by atoms with Gasteiger partial charge in [-0.2, -0.15) is 4.91 Å². The second-order valence-corrected chi connectivity index (χ2v) is 17.4. The van der Waals surface area contributed by atoms with Crippen LogP contribution in [0.2, 0.25) is 0 Å². The van der Waals surface area contributed by atoms with Crippen LogP contribution in [0.25, 0.3) is 0 Å². The molecule has 0 aliphatic carbocycles. The molecule has 0 aromatic carbocycles. The molecule has 324 valence electrons. The number of rotatable bonds is 10. The zero-order valence-corrected chi connectivity index (χ0v) is 35.6. The molecular formula is C40H70N2O14. The van der Waals surface area contributed by atoms with E-state index in [9.17, 15) is 34.9 Å². The summed E-state index contributed by atoms with van der Waals surface area (Å²) in [5.41, 5.74) is -4.92. The molecule has 0 saturated carbocycles. The van der Waals surface area contributed by atoms with E-state index in [4.69, 9.17) is 33.2 Å². The molecule has 16 heteroatoms. The van der Waals surface area contributed by atoms with Crippen molar-refractivity contribution in [3.05, 3.63) is 17.6 Å². The van der Waals surface area contributed by atoms with E-state index >= 15 is 0 Å². The van der Waals surface area contributed by atoms with Crippen LogP contribution >= 0.6 is 0 Å². The van der Waals surface area contributed by atoms with Gasteiger partial charge in [-0.15, -0.1) is 0 Å². The Labute approximate surface area is 332 Å². The summed E-state index contributed by atoms with van der Waals surface area (Å²) in [5.74, 6) is -5.03. The first-order valence-electron chi connectivity index (χ1n) is 19.9. The van der Waals surface area contributed by atoms with Crippen molar-refractivity contribution >= 4 is 11.9 Å². The summed E-state index contributed by atoms with van der Waals surface area (Å²) in [7, 11) is 5.15. The van der Waals surface area contributed by atoms with Crippen molar-refractivity contribution in [2.24, 2.45) is 28.8 Å². The molecule has 3 saturated heterocycles. The minimum atomic E-state index is -2.00. The van der Waals surface area contributed by atoms with Crippen molar-refractivity contribution < 1.29 is 63.2 Å². The molecule has 4 N–H and O–H groups in total. The fourth-order valence-corrected chi connectivity index (χ4v) is 9.17. The first-order valence-corrected chi connectivity index (χ1v) is 19.9. The standard InChI is InChI=1S/C40H70N2O14/c1-15-27-40(11,48)33(45)22(5)30(41-49)20(3)18-38(9,47)34(56-37-31(44)26(42(12)13)17-21(4)51-37)23(6)32(24(7)36(46)53-27)55-29-19-39(10,50-14)35(25(8)52-29)54-28(43)16-2/h16,20-27,29-35,37,44-45,47-48H,2,15,17-19H2,1,3-14H3/t20-,21-,22+,23+,24-,25+,26+,27-,29+,30?,31-,32+,33-,34-,35+,37+,38-,39-,40-/m1/s1. The molecule has 1 unspecified atom stereocenters. The molecule has 0 aromatic rings. The Bertz CT molecular complexity index is 1330.